The highest BCUT2D eigenvalue weighted by Crippen LogP contribution is 2.30. The second-order valence-corrected chi connectivity index (χ2v) is 6.11. The Kier molecular flexibility index (Phi) is 5.94. The van der Waals surface area contributed by atoms with E-state index in [2.05, 4.69) is 5.32 Å². The van der Waals surface area contributed by atoms with E-state index in [-0.39, 0.29) is 18.3 Å². The maximum Gasteiger partial charge on any atom is 0.255 e. The summed E-state index contributed by atoms with van der Waals surface area (Å²) in [5.41, 5.74) is 1.74. The zero-order valence-electron chi connectivity index (χ0n) is 14.5. The maximum absolute atomic E-state index is 13.0. The number of rotatable bonds is 6. The van der Waals surface area contributed by atoms with Crippen LogP contribution in [0.1, 0.15) is 15.9 Å². The second kappa shape index (κ2) is 8.56. The number of hydrogen-bond acceptors (Lipinski definition) is 3. The summed E-state index contributed by atoms with van der Waals surface area (Å²) in [6.45, 7) is 0.275. The number of benzene rings is 3. The maximum atomic E-state index is 13.0. The smallest absolute Gasteiger partial charge is 0.255 e. The third kappa shape index (κ3) is 4.77. The molecular weight excluding hydrogens is 369 g/mol. The molecule has 0 fully saturated rings. The van der Waals surface area contributed by atoms with Crippen molar-refractivity contribution in [1.29, 1.82) is 0 Å². The van der Waals surface area contributed by atoms with E-state index in [0.717, 1.165) is 5.56 Å². The van der Waals surface area contributed by atoms with E-state index in [1.165, 1.54) is 31.4 Å². The summed E-state index contributed by atoms with van der Waals surface area (Å²) in [4.78, 5) is 12.4. The minimum atomic E-state index is -0.366. The fourth-order valence-corrected chi connectivity index (χ4v) is 2.63. The molecule has 27 heavy (non-hydrogen) atoms. The van der Waals surface area contributed by atoms with Crippen LogP contribution in [0.5, 0.6) is 11.5 Å². The molecular formula is C21H17ClFNO3. The molecule has 3 aromatic carbocycles. The second-order valence-electron chi connectivity index (χ2n) is 5.71. The molecule has 0 radical (unpaired) electrons. The Hall–Kier alpha value is -3.05. The van der Waals surface area contributed by atoms with Gasteiger partial charge in [-0.15, -0.1) is 0 Å². The Morgan fingerprint density at radius 2 is 1.78 bits per heavy atom. The molecule has 0 atom stereocenters. The molecule has 3 aromatic rings. The first-order chi connectivity index (χ1) is 13.1. The Labute approximate surface area is 161 Å². The van der Waals surface area contributed by atoms with Gasteiger partial charge < -0.3 is 14.8 Å². The predicted molar refractivity (Wildman–Crippen MR) is 103 cm³/mol. The lowest BCUT2D eigenvalue weighted by Crippen LogP contribution is -2.12. The molecule has 6 heteroatoms. The average molecular weight is 386 g/mol. The molecule has 1 amide bonds. The topological polar surface area (TPSA) is 47.6 Å². The quantitative estimate of drug-likeness (QED) is 0.624. The fraction of sp³-hybridized carbons (Fsp3) is 0.0952. The van der Waals surface area contributed by atoms with Crippen molar-refractivity contribution in [2.45, 2.75) is 6.61 Å². The van der Waals surface area contributed by atoms with E-state index in [4.69, 9.17) is 21.1 Å². The first kappa shape index (κ1) is 18.7. The number of amides is 1. The fourth-order valence-electron chi connectivity index (χ4n) is 2.44. The minimum absolute atomic E-state index is 0.275. The van der Waals surface area contributed by atoms with Crippen molar-refractivity contribution in [1.82, 2.24) is 0 Å². The van der Waals surface area contributed by atoms with Crippen molar-refractivity contribution in [3.05, 3.63) is 88.7 Å². The van der Waals surface area contributed by atoms with Gasteiger partial charge in [0.15, 0.2) is 11.5 Å². The van der Waals surface area contributed by atoms with Gasteiger partial charge in [0.25, 0.3) is 5.91 Å². The molecule has 3 rings (SSSR count). The lowest BCUT2D eigenvalue weighted by Gasteiger charge is -2.13. The SMILES string of the molecule is COc1cc(C(=O)Nc2ccc(F)cc2)ccc1OCc1ccccc1Cl. The van der Waals surface area contributed by atoms with E-state index < -0.39 is 0 Å². The lowest BCUT2D eigenvalue weighted by molar-refractivity contribution is 0.102. The molecule has 0 unspecified atom stereocenters. The van der Waals surface area contributed by atoms with Crippen LogP contribution in [0.4, 0.5) is 10.1 Å². The van der Waals surface area contributed by atoms with Crippen molar-refractivity contribution in [3.8, 4) is 11.5 Å². The molecule has 0 spiro atoms. The van der Waals surface area contributed by atoms with Gasteiger partial charge in [-0.1, -0.05) is 29.8 Å². The van der Waals surface area contributed by atoms with Crippen molar-refractivity contribution in [2.75, 3.05) is 12.4 Å². The van der Waals surface area contributed by atoms with E-state index in [1.54, 1.807) is 24.3 Å². The van der Waals surface area contributed by atoms with Crippen molar-refractivity contribution in [3.63, 3.8) is 0 Å². The van der Waals surface area contributed by atoms with Crippen LogP contribution in [-0.4, -0.2) is 13.0 Å². The number of halogens is 2. The van der Waals surface area contributed by atoms with Gasteiger partial charge in [0, 0.05) is 21.8 Å². The highest BCUT2D eigenvalue weighted by molar-refractivity contribution is 6.31. The van der Waals surface area contributed by atoms with Crippen LogP contribution in [0.2, 0.25) is 5.02 Å². The molecule has 0 heterocycles. The van der Waals surface area contributed by atoms with E-state index in [1.807, 2.05) is 18.2 Å². The Bertz CT molecular complexity index is 944. The van der Waals surface area contributed by atoms with Gasteiger partial charge in [0.2, 0.25) is 0 Å². The van der Waals surface area contributed by atoms with E-state index >= 15 is 0 Å². The van der Waals surface area contributed by atoms with Crippen molar-refractivity contribution in [2.24, 2.45) is 0 Å². The number of carbonyl (C=O) groups is 1. The largest absolute Gasteiger partial charge is 0.493 e. The van der Waals surface area contributed by atoms with E-state index in [0.29, 0.717) is 27.8 Å². The zero-order valence-corrected chi connectivity index (χ0v) is 15.3. The highest BCUT2D eigenvalue weighted by atomic mass is 35.5. The molecule has 4 nitrogen and oxygen atoms in total. The van der Waals surface area contributed by atoms with Crippen LogP contribution in [0.15, 0.2) is 66.7 Å². The van der Waals surface area contributed by atoms with Gasteiger partial charge in [-0.05, 0) is 48.5 Å². The standard InChI is InChI=1S/C21H17ClFNO3/c1-26-20-12-14(21(25)24-17-9-7-16(23)8-10-17)6-11-19(20)27-13-15-4-2-3-5-18(15)22/h2-12H,13H2,1H3,(H,24,25). The number of methoxy groups -OCH3 is 1. The van der Waals surface area contributed by atoms with E-state index in [9.17, 15) is 9.18 Å². The monoisotopic (exact) mass is 385 g/mol. The Balaban J connectivity index is 1.72. The van der Waals surface area contributed by atoms with Crippen LogP contribution in [0.25, 0.3) is 0 Å². The van der Waals surface area contributed by atoms with Crippen molar-refractivity contribution < 1.29 is 18.7 Å². The van der Waals surface area contributed by atoms with Crippen LogP contribution in [0.3, 0.4) is 0 Å². The first-order valence-electron chi connectivity index (χ1n) is 8.18. The molecule has 0 bridgehead atoms. The zero-order chi connectivity index (χ0) is 19.2. The predicted octanol–water partition coefficient (Wildman–Crippen LogP) is 5.32. The molecule has 0 aliphatic rings. The number of anilines is 1. The van der Waals surface area contributed by atoms with Gasteiger partial charge in [0.05, 0.1) is 7.11 Å². The van der Waals surface area contributed by atoms with Gasteiger partial charge in [-0.25, -0.2) is 4.39 Å². The summed E-state index contributed by atoms with van der Waals surface area (Å²) >= 11 is 6.13. The lowest BCUT2D eigenvalue weighted by atomic mass is 10.1. The molecule has 0 saturated heterocycles. The van der Waals surface area contributed by atoms with Crippen LogP contribution >= 0.6 is 11.6 Å². The number of hydrogen-bond donors (Lipinski definition) is 1. The van der Waals surface area contributed by atoms with Crippen LogP contribution in [0, 0.1) is 5.82 Å². The molecule has 0 aliphatic carbocycles. The normalized spacial score (nSPS) is 10.3. The third-order valence-corrected chi connectivity index (χ3v) is 4.24. The molecule has 0 saturated carbocycles. The highest BCUT2D eigenvalue weighted by Gasteiger charge is 2.12. The van der Waals surface area contributed by atoms with Crippen LogP contribution in [-0.2, 0) is 6.61 Å². The molecule has 138 valence electrons. The molecule has 0 aliphatic heterocycles. The van der Waals surface area contributed by atoms with Gasteiger partial charge in [-0.2, -0.15) is 0 Å². The summed E-state index contributed by atoms with van der Waals surface area (Å²) in [6.07, 6.45) is 0. The van der Waals surface area contributed by atoms with Crippen molar-refractivity contribution >= 4 is 23.2 Å². The summed E-state index contributed by atoms with van der Waals surface area (Å²) in [7, 11) is 1.50. The first-order valence-corrected chi connectivity index (χ1v) is 8.56. The molecule has 0 aromatic heterocycles. The minimum Gasteiger partial charge on any atom is -0.493 e. The summed E-state index contributed by atoms with van der Waals surface area (Å²) < 4.78 is 24.1. The average Bonchev–Trinajstić information content (AvgIpc) is 2.69. The summed E-state index contributed by atoms with van der Waals surface area (Å²) in [5.74, 6) is 0.219. The number of nitrogens with one attached hydrogen (secondary N) is 1. The number of ether oxygens (including phenoxy) is 2. The Morgan fingerprint density at radius 1 is 1.04 bits per heavy atom. The van der Waals surface area contributed by atoms with Crippen LogP contribution < -0.4 is 14.8 Å². The number of carbonyl (C=O) groups excluding carboxylic acids is 1. The molecule has 1 N–H and O–H groups in total. The van der Waals surface area contributed by atoms with Gasteiger partial charge in [0.1, 0.15) is 12.4 Å². The third-order valence-electron chi connectivity index (χ3n) is 3.87. The van der Waals surface area contributed by atoms with Gasteiger partial charge in [-0.3, -0.25) is 4.79 Å². The summed E-state index contributed by atoms with van der Waals surface area (Å²) in [5, 5.41) is 3.32. The Morgan fingerprint density at radius 3 is 2.48 bits per heavy atom. The van der Waals surface area contributed by atoms with Gasteiger partial charge >= 0.3 is 0 Å². The summed E-state index contributed by atoms with van der Waals surface area (Å²) in [6, 6.07) is 17.8.